The van der Waals surface area contributed by atoms with E-state index in [1.165, 1.54) is 6.92 Å². The smallest absolute Gasteiger partial charge is 0.475 e. The summed E-state index contributed by atoms with van der Waals surface area (Å²) in [5.74, 6) is -2.76. The van der Waals surface area contributed by atoms with Gasteiger partial charge in [0.05, 0.1) is 11.0 Å². The number of hydrogen-bond acceptors (Lipinski definition) is 5. The summed E-state index contributed by atoms with van der Waals surface area (Å²) in [4.78, 5) is 16.6. The molecule has 0 bridgehead atoms. The van der Waals surface area contributed by atoms with E-state index < -0.39 is 28.3 Å². The van der Waals surface area contributed by atoms with Crippen molar-refractivity contribution in [1.82, 2.24) is 14.7 Å². The molecule has 2 heterocycles. The highest BCUT2D eigenvalue weighted by molar-refractivity contribution is 7.89. The number of alkyl halides is 3. The second-order valence-electron chi connectivity index (χ2n) is 6.60. The van der Waals surface area contributed by atoms with Crippen LogP contribution in [0.3, 0.4) is 0 Å². The Kier molecular flexibility index (Phi) is 7.41. The number of aryl methyl sites for hydroxylation is 1. The largest absolute Gasteiger partial charge is 0.490 e. The highest BCUT2D eigenvalue weighted by Crippen LogP contribution is 2.28. The molecule has 0 spiro atoms. The first-order valence-electron chi connectivity index (χ1n) is 8.84. The lowest BCUT2D eigenvalue weighted by Crippen LogP contribution is -2.30. The highest BCUT2D eigenvalue weighted by atomic mass is 32.2. The summed E-state index contributed by atoms with van der Waals surface area (Å²) in [6, 6.07) is 10.6. The maximum absolute atomic E-state index is 12.2. The number of aliphatic hydroxyl groups is 1. The van der Waals surface area contributed by atoms with Crippen molar-refractivity contribution < 1.29 is 36.6 Å². The topological polar surface area (TPSA) is 132 Å². The summed E-state index contributed by atoms with van der Waals surface area (Å²) in [5.41, 5.74) is 3.73. The number of benzene rings is 1. The first-order chi connectivity index (χ1) is 14.3. The molecule has 4 N–H and O–H groups in total. The van der Waals surface area contributed by atoms with Gasteiger partial charge in [-0.1, -0.05) is 12.1 Å². The number of aliphatic hydroxyl groups excluding tert-OH is 1. The van der Waals surface area contributed by atoms with Gasteiger partial charge in [-0.05, 0) is 49.2 Å². The third kappa shape index (κ3) is 6.51. The molecule has 8 nitrogen and oxygen atoms in total. The fraction of sp³-hybridized carbons (Fsp3) is 0.263. The van der Waals surface area contributed by atoms with Crippen molar-refractivity contribution in [2.45, 2.75) is 31.0 Å². The van der Waals surface area contributed by atoms with Crippen molar-refractivity contribution in [1.29, 1.82) is 0 Å². The van der Waals surface area contributed by atoms with Gasteiger partial charge in [-0.3, -0.25) is 0 Å². The Labute approximate surface area is 175 Å². The van der Waals surface area contributed by atoms with E-state index in [9.17, 15) is 26.7 Å². The van der Waals surface area contributed by atoms with Crippen molar-refractivity contribution >= 4 is 27.0 Å². The van der Waals surface area contributed by atoms with Crippen LogP contribution in [0.2, 0.25) is 0 Å². The molecule has 0 fully saturated rings. The number of sulfonamides is 1. The van der Waals surface area contributed by atoms with Crippen molar-refractivity contribution in [3.8, 4) is 11.1 Å². The number of halogens is 3. The summed E-state index contributed by atoms with van der Waals surface area (Å²) in [6.07, 6.45) is -4.09. The number of aliphatic carboxylic acids is 1. The maximum Gasteiger partial charge on any atom is 0.490 e. The lowest BCUT2D eigenvalue weighted by atomic mass is 10.0. The Morgan fingerprint density at radius 3 is 2.32 bits per heavy atom. The van der Waals surface area contributed by atoms with Crippen molar-refractivity contribution in [2.75, 3.05) is 6.54 Å². The zero-order valence-corrected chi connectivity index (χ0v) is 17.3. The second kappa shape index (κ2) is 9.45. The molecule has 0 aliphatic heterocycles. The summed E-state index contributed by atoms with van der Waals surface area (Å²) < 4.78 is 58.4. The number of hydrogen-bond donors (Lipinski definition) is 4. The van der Waals surface area contributed by atoms with E-state index in [1.807, 2.05) is 19.1 Å². The van der Waals surface area contributed by atoms with Gasteiger partial charge >= 0.3 is 12.1 Å². The second-order valence-corrected chi connectivity index (χ2v) is 8.37. The predicted octanol–water partition coefficient (Wildman–Crippen LogP) is 2.83. The van der Waals surface area contributed by atoms with Gasteiger partial charge in [0.15, 0.2) is 0 Å². The molecule has 12 heteroatoms. The molecule has 0 aliphatic rings. The lowest BCUT2D eigenvalue weighted by molar-refractivity contribution is -0.192. The third-order valence-corrected chi connectivity index (χ3v) is 5.39. The van der Waals surface area contributed by atoms with Crippen LogP contribution in [-0.2, 0) is 14.8 Å². The number of carboxylic acids is 1. The fourth-order valence-electron chi connectivity index (χ4n) is 2.54. The molecule has 3 aromatic rings. The van der Waals surface area contributed by atoms with Crippen LogP contribution in [0.1, 0.15) is 12.6 Å². The molecule has 1 atom stereocenters. The first kappa shape index (κ1) is 24.3. The minimum atomic E-state index is -5.08. The van der Waals surface area contributed by atoms with Crippen LogP contribution in [0.4, 0.5) is 13.2 Å². The Morgan fingerprint density at radius 1 is 1.23 bits per heavy atom. The van der Waals surface area contributed by atoms with Gasteiger partial charge in [0.1, 0.15) is 5.65 Å². The van der Waals surface area contributed by atoms with Gasteiger partial charge in [0.25, 0.3) is 0 Å². The zero-order valence-electron chi connectivity index (χ0n) is 16.4. The zero-order chi connectivity index (χ0) is 23.4. The average Bonchev–Trinajstić information content (AvgIpc) is 3.06. The minimum absolute atomic E-state index is 0.0162. The average molecular weight is 459 g/mol. The molecule has 2 aromatic heterocycles. The molecule has 1 aromatic carbocycles. The molecule has 0 radical (unpaired) electrons. The highest BCUT2D eigenvalue weighted by Gasteiger charge is 2.38. The van der Waals surface area contributed by atoms with Gasteiger partial charge in [-0.15, -0.1) is 0 Å². The Bertz CT molecular complexity index is 1160. The van der Waals surface area contributed by atoms with E-state index in [1.54, 1.807) is 30.5 Å². The van der Waals surface area contributed by atoms with Crippen molar-refractivity contribution in [3.63, 3.8) is 0 Å². The van der Waals surface area contributed by atoms with Crippen LogP contribution in [0.5, 0.6) is 0 Å². The molecular formula is C19H20F3N3O5S. The molecule has 168 valence electrons. The van der Waals surface area contributed by atoms with Gasteiger partial charge < -0.3 is 15.2 Å². The number of H-pyrrole nitrogens is 1. The number of rotatable bonds is 5. The summed E-state index contributed by atoms with van der Waals surface area (Å²) in [7, 11) is -3.62. The lowest BCUT2D eigenvalue weighted by Gasteiger charge is -2.09. The number of nitrogens with one attached hydrogen (secondary N) is 2. The SMILES string of the molecule is Cc1cc2c(-c3ccc(S(=O)(=O)NC[C@H](C)O)cc3)ccnc2[nH]1.O=C(O)C(F)(F)F. The molecule has 0 aliphatic carbocycles. The number of nitrogens with zero attached hydrogens (tertiary/aromatic N) is 1. The Balaban J connectivity index is 0.000000423. The van der Waals surface area contributed by atoms with E-state index in [4.69, 9.17) is 9.90 Å². The number of carboxylic acid groups (broad SMARTS) is 1. The Hall–Kier alpha value is -2.96. The van der Waals surface area contributed by atoms with Gasteiger partial charge in [0.2, 0.25) is 10.0 Å². The van der Waals surface area contributed by atoms with E-state index in [0.29, 0.717) is 0 Å². The molecular weight excluding hydrogens is 439 g/mol. The van der Waals surface area contributed by atoms with Crippen LogP contribution in [0.25, 0.3) is 22.2 Å². The van der Waals surface area contributed by atoms with Crippen LogP contribution in [0, 0.1) is 6.92 Å². The van der Waals surface area contributed by atoms with E-state index in [2.05, 4.69) is 14.7 Å². The third-order valence-electron chi connectivity index (χ3n) is 3.95. The molecule has 0 saturated carbocycles. The Morgan fingerprint density at radius 2 is 1.81 bits per heavy atom. The van der Waals surface area contributed by atoms with Gasteiger partial charge in [0, 0.05) is 23.8 Å². The number of aromatic nitrogens is 2. The van der Waals surface area contributed by atoms with Gasteiger partial charge in [-0.25, -0.2) is 22.9 Å². The predicted molar refractivity (Wildman–Crippen MR) is 107 cm³/mol. The minimum Gasteiger partial charge on any atom is -0.475 e. The number of carbonyl (C=O) groups is 1. The van der Waals surface area contributed by atoms with Crippen molar-refractivity contribution in [3.05, 3.63) is 48.3 Å². The summed E-state index contributed by atoms with van der Waals surface area (Å²) in [6.45, 7) is 3.48. The van der Waals surface area contributed by atoms with E-state index in [-0.39, 0.29) is 11.4 Å². The quantitative estimate of drug-likeness (QED) is 0.464. The van der Waals surface area contributed by atoms with Crippen molar-refractivity contribution in [2.24, 2.45) is 0 Å². The normalized spacial score (nSPS) is 12.8. The summed E-state index contributed by atoms with van der Waals surface area (Å²) in [5, 5.41) is 17.3. The van der Waals surface area contributed by atoms with Gasteiger partial charge in [-0.2, -0.15) is 13.2 Å². The fourth-order valence-corrected chi connectivity index (χ4v) is 3.66. The molecule has 0 saturated heterocycles. The molecule has 0 amide bonds. The van der Waals surface area contributed by atoms with Crippen LogP contribution < -0.4 is 4.72 Å². The standard InChI is InChI=1S/C17H19N3O3S.C2HF3O2/c1-11-9-16-15(7-8-18-17(16)20-11)13-3-5-14(6-4-13)24(22,23)19-10-12(2)21;3-2(4,5)1(6)7/h3-9,12,19,21H,10H2,1-2H3,(H,18,20);(H,6,7)/t12-;/m0./s1. The molecule has 3 rings (SSSR count). The van der Waals surface area contributed by atoms with E-state index in [0.717, 1.165) is 27.9 Å². The molecule has 0 unspecified atom stereocenters. The number of aromatic amines is 1. The van der Waals surface area contributed by atoms with Crippen LogP contribution >= 0.6 is 0 Å². The first-order valence-corrected chi connectivity index (χ1v) is 10.3. The van der Waals surface area contributed by atoms with Crippen LogP contribution in [0.15, 0.2) is 47.5 Å². The van der Waals surface area contributed by atoms with E-state index >= 15 is 0 Å². The number of fused-ring (bicyclic) bond motifs is 1. The summed E-state index contributed by atoms with van der Waals surface area (Å²) >= 11 is 0. The monoisotopic (exact) mass is 459 g/mol. The molecule has 31 heavy (non-hydrogen) atoms. The van der Waals surface area contributed by atoms with Crippen LogP contribution in [-0.4, -0.2) is 53.4 Å². The maximum atomic E-state index is 12.2. The number of pyridine rings is 1.